The van der Waals surface area contributed by atoms with Crippen LogP contribution in [0.15, 0.2) is 18.2 Å². The zero-order chi connectivity index (χ0) is 19.6. The number of aromatic nitrogens is 1. The summed E-state index contributed by atoms with van der Waals surface area (Å²) in [5.74, 6) is 0.237. The Morgan fingerprint density at radius 1 is 1.22 bits per heavy atom. The molecule has 0 radical (unpaired) electrons. The molecule has 0 bridgehead atoms. The number of hydrogen-bond acceptors (Lipinski definition) is 6. The lowest BCUT2D eigenvalue weighted by molar-refractivity contribution is -0.131. The van der Waals surface area contributed by atoms with E-state index in [1.54, 1.807) is 25.3 Å². The van der Waals surface area contributed by atoms with E-state index in [2.05, 4.69) is 15.6 Å². The summed E-state index contributed by atoms with van der Waals surface area (Å²) in [6, 6.07) is 4.75. The third-order valence-electron chi connectivity index (χ3n) is 4.67. The van der Waals surface area contributed by atoms with E-state index in [9.17, 15) is 9.59 Å². The standard InChI is InChI=1S/C19H23N3O4S/c1-10-7-14(5-6-16(10)26-19-20-11(2)12(3)27-19)21-18(24)22-17(23)13-8-15(9-13)25-4/h5-7,13,15H,8-9H2,1-4H3,(H2,21,22,23,24). The number of carbonyl (C=O) groups excluding carboxylic acids is 2. The van der Waals surface area contributed by atoms with E-state index >= 15 is 0 Å². The number of ether oxygens (including phenoxy) is 2. The van der Waals surface area contributed by atoms with Crippen molar-refractivity contribution in [1.82, 2.24) is 10.3 Å². The molecule has 2 N–H and O–H groups in total. The lowest BCUT2D eigenvalue weighted by Crippen LogP contribution is -2.45. The van der Waals surface area contributed by atoms with Gasteiger partial charge in [-0.15, -0.1) is 0 Å². The number of hydrogen-bond donors (Lipinski definition) is 2. The molecule has 3 amide bonds. The SMILES string of the molecule is COC1CC(C(=O)NC(=O)Nc2ccc(Oc3nc(C)c(C)s3)c(C)c2)C1. The number of thiazole rings is 1. The van der Waals surface area contributed by atoms with Crippen molar-refractivity contribution in [2.24, 2.45) is 5.92 Å². The molecule has 0 saturated heterocycles. The molecule has 2 aromatic rings. The van der Waals surface area contributed by atoms with Gasteiger partial charge >= 0.3 is 6.03 Å². The van der Waals surface area contributed by atoms with Crippen LogP contribution in [0.3, 0.4) is 0 Å². The normalized spacial score (nSPS) is 18.5. The van der Waals surface area contributed by atoms with Crippen molar-refractivity contribution in [2.75, 3.05) is 12.4 Å². The fourth-order valence-electron chi connectivity index (χ4n) is 2.77. The number of rotatable bonds is 5. The molecule has 1 aromatic carbocycles. The maximum Gasteiger partial charge on any atom is 0.325 e. The van der Waals surface area contributed by atoms with E-state index in [0.29, 0.717) is 29.5 Å². The van der Waals surface area contributed by atoms with Gasteiger partial charge in [0.15, 0.2) is 0 Å². The average Bonchev–Trinajstić information content (AvgIpc) is 2.87. The highest BCUT2D eigenvalue weighted by atomic mass is 32.1. The molecule has 27 heavy (non-hydrogen) atoms. The number of carbonyl (C=O) groups is 2. The second-order valence-electron chi connectivity index (χ2n) is 6.67. The molecule has 1 fully saturated rings. The van der Waals surface area contributed by atoms with Crippen molar-refractivity contribution < 1.29 is 19.1 Å². The predicted molar refractivity (Wildman–Crippen MR) is 104 cm³/mol. The summed E-state index contributed by atoms with van der Waals surface area (Å²) >= 11 is 1.49. The number of imide groups is 1. The molecule has 0 unspecified atom stereocenters. The molecule has 0 aliphatic heterocycles. The Hall–Kier alpha value is -2.45. The molecule has 3 rings (SSSR count). The summed E-state index contributed by atoms with van der Waals surface area (Å²) in [4.78, 5) is 29.5. The molecule has 1 saturated carbocycles. The molecule has 8 heteroatoms. The first-order valence-corrected chi connectivity index (χ1v) is 9.54. The number of anilines is 1. The van der Waals surface area contributed by atoms with Crippen molar-refractivity contribution in [1.29, 1.82) is 0 Å². The van der Waals surface area contributed by atoms with E-state index in [0.717, 1.165) is 16.1 Å². The smallest absolute Gasteiger partial charge is 0.325 e. The molecule has 1 aromatic heterocycles. The number of urea groups is 1. The first kappa shape index (κ1) is 19.3. The minimum atomic E-state index is -0.542. The highest BCUT2D eigenvalue weighted by molar-refractivity contribution is 7.13. The molecule has 1 aliphatic rings. The van der Waals surface area contributed by atoms with Gasteiger partial charge in [0.25, 0.3) is 5.19 Å². The van der Waals surface area contributed by atoms with Crippen LogP contribution >= 0.6 is 11.3 Å². The van der Waals surface area contributed by atoms with Gasteiger partial charge in [-0.3, -0.25) is 10.1 Å². The Morgan fingerprint density at radius 2 is 1.96 bits per heavy atom. The topological polar surface area (TPSA) is 89.5 Å². The summed E-state index contributed by atoms with van der Waals surface area (Å²) in [7, 11) is 1.62. The summed E-state index contributed by atoms with van der Waals surface area (Å²) in [5, 5.41) is 5.64. The largest absolute Gasteiger partial charge is 0.431 e. The van der Waals surface area contributed by atoms with Gasteiger partial charge in [0, 0.05) is 23.6 Å². The van der Waals surface area contributed by atoms with Crippen LogP contribution in [0.2, 0.25) is 0 Å². The molecule has 144 valence electrons. The summed E-state index contributed by atoms with van der Waals surface area (Å²) in [5.41, 5.74) is 2.39. The molecule has 7 nitrogen and oxygen atoms in total. The summed E-state index contributed by atoms with van der Waals surface area (Å²) < 4.78 is 11.0. The van der Waals surface area contributed by atoms with Gasteiger partial charge in [0.1, 0.15) is 5.75 Å². The third kappa shape index (κ3) is 4.64. The maximum absolute atomic E-state index is 12.0. The van der Waals surface area contributed by atoms with Crippen LogP contribution in [0.5, 0.6) is 10.9 Å². The minimum absolute atomic E-state index is 0.115. The third-order valence-corrected chi connectivity index (χ3v) is 5.63. The molecule has 1 aliphatic carbocycles. The van der Waals surface area contributed by atoms with E-state index < -0.39 is 6.03 Å². The van der Waals surface area contributed by atoms with Gasteiger partial charge in [0.05, 0.1) is 11.8 Å². The van der Waals surface area contributed by atoms with Crippen LogP contribution in [-0.4, -0.2) is 30.1 Å². The van der Waals surface area contributed by atoms with E-state index in [1.165, 1.54) is 11.3 Å². The second kappa shape index (κ2) is 8.06. The van der Waals surface area contributed by atoms with E-state index in [1.807, 2.05) is 20.8 Å². The first-order chi connectivity index (χ1) is 12.9. The Kier molecular flexibility index (Phi) is 5.76. The number of amides is 3. The van der Waals surface area contributed by atoms with Crippen molar-refractivity contribution in [3.05, 3.63) is 34.3 Å². The molecule has 0 spiro atoms. The quantitative estimate of drug-likeness (QED) is 0.809. The monoisotopic (exact) mass is 389 g/mol. The number of benzene rings is 1. The zero-order valence-corrected chi connectivity index (χ0v) is 16.6. The minimum Gasteiger partial charge on any atom is -0.431 e. The van der Waals surface area contributed by atoms with Crippen molar-refractivity contribution in [2.45, 2.75) is 39.7 Å². The molecule has 0 atom stereocenters. The van der Waals surface area contributed by atoms with Crippen molar-refractivity contribution >= 4 is 29.0 Å². The molecular formula is C19H23N3O4S. The Morgan fingerprint density at radius 3 is 2.56 bits per heavy atom. The van der Waals surface area contributed by atoms with Crippen LogP contribution in [-0.2, 0) is 9.53 Å². The van der Waals surface area contributed by atoms with Crippen LogP contribution in [0.4, 0.5) is 10.5 Å². The maximum atomic E-state index is 12.0. The van der Waals surface area contributed by atoms with Crippen LogP contribution in [0, 0.1) is 26.7 Å². The second-order valence-corrected chi connectivity index (χ2v) is 7.84. The van der Waals surface area contributed by atoms with Gasteiger partial charge in [-0.2, -0.15) is 0 Å². The number of methoxy groups -OCH3 is 1. The summed E-state index contributed by atoms with van der Waals surface area (Å²) in [6.45, 7) is 5.83. The lowest BCUT2D eigenvalue weighted by atomic mass is 9.81. The van der Waals surface area contributed by atoms with Gasteiger partial charge in [0.2, 0.25) is 5.91 Å². The number of nitrogens with one attached hydrogen (secondary N) is 2. The summed E-state index contributed by atoms with van der Waals surface area (Å²) in [6.07, 6.45) is 1.41. The van der Waals surface area contributed by atoms with Gasteiger partial charge in [-0.25, -0.2) is 9.78 Å². The fraction of sp³-hybridized carbons (Fsp3) is 0.421. The highest BCUT2D eigenvalue weighted by Crippen LogP contribution is 2.32. The molecular weight excluding hydrogens is 366 g/mol. The van der Waals surface area contributed by atoms with Crippen molar-refractivity contribution in [3.8, 4) is 10.9 Å². The van der Waals surface area contributed by atoms with Crippen LogP contribution in [0.25, 0.3) is 0 Å². The lowest BCUT2D eigenvalue weighted by Gasteiger charge is -2.32. The number of nitrogens with zero attached hydrogens (tertiary/aromatic N) is 1. The average molecular weight is 389 g/mol. The van der Waals surface area contributed by atoms with Crippen LogP contribution in [0.1, 0.15) is 29.0 Å². The fourth-order valence-corrected chi connectivity index (χ4v) is 3.54. The first-order valence-electron chi connectivity index (χ1n) is 8.73. The van der Waals surface area contributed by atoms with Crippen LogP contribution < -0.4 is 15.4 Å². The van der Waals surface area contributed by atoms with Gasteiger partial charge in [-0.1, -0.05) is 11.3 Å². The van der Waals surface area contributed by atoms with Gasteiger partial charge in [-0.05, 0) is 57.4 Å². The van der Waals surface area contributed by atoms with E-state index in [-0.39, 0.29) is 17.9 Å². The number of aryl methyl sites for hydroxylation is 3. The highest BCUT2D eigenvalue weighted by Gasteiger charge is 2.35. The Labute approximate surface area is 162 Å². The van der Waals surface area contributed by atoms with Crippen molar-refractivity contribution in [3.63, 3.8) is 0 Å². The molecule has 1 heterocycles. The van der Waals surface area contributed by atoms with E-state index in [4.69, 9.17) is 9.47 Å². The van der Waals surface area contributed by atoms with Gasteiger partial charge < -0.3 is 14.8 Å². The zero-order valence-electron chi connectivity index (χ0n) is 15.8. The Bertz CT molecular complexity index is 839. The predicted octanol–water partition coefficient (Wildman–Crippen LogP) is 3.93. The Balaban J connectivity index is 1.55.